The van der Waals surface area contributed by atoms with Gasteiger partial charge in [-0.05, 0) is 70.8 Å². The van der Waals surface area contributed by atoms with Crippen molar-refractivity contribution >= 4 is 30.1 Å². The number of aryl methyl sites for hydroxylation is 1. The Morgan fingerprint density at radius 3 is 1.65 bits per heavy atom. The van der Waals surface area contributed by atoms with Crippen molar-refractivity contribution in [3.63, 3.8) is 0 Å². The lowest BCUT2D eigenvalue weighted by Gasteiger charge is -2.09. The van der Waals surface area contributed by atoms with E-state index in [1.165, 1.54) is 5.57 Å². The normalized spacial score (nSPS) is 18.6. The van der Waals surface area contributed by atoms with Gasteiger partial charge in [0.1, 0.15) is 24.7 Å². The molecule has 0 radical (unpaired) electrons. The predicted molar refractivity (Wildman–Crippen MR) is 194 cm³/mol. The van der Waals surface area contributed by atoms with Crippen molar-refractivity contribution in [3.05, 3.63) is 71.3 Å². The Balaban J connectivity index is 0.000000278. The molecule has 288 valence electrons. The van der Waals surface area contributed by atoms with Gasteiger partial charge >= 0.3 is 30.1 Å². The van der Waals surface area contributed by atoms with Crippen molar-refractivity contribution in [2.24, 2.45) is 34.5 Å². The molecule has 52 heavy (non-hydrogen) atoms. The molecule has 15 nitrogen and oxygen atoms in total. The van der Waals surface area contributed by atoms with Crippen molar-refractivity contribution in [2.75, 3.05) is 26.3 Å². The minimum Gasteiger partial charge on any atom is -0.480 e. The Bertz CT molecular complexity index is 1420. The van der Waals surface area contributed by atoms with Crippen LogP contribution < -0.4 is 27.8 Å². The number of hydrogen-bond donors (Lipinski definition) is 8. The van der Waals surface area contributed by atoms with Gasteiger partial charge in [0.15, 0.2) is 0 Å². The maximum Gasteiger partial charge on any atom is 0.407 e. The first-order valence-electron chi connectivity index (χ1n) is 17.5. The summed E-state index contributed by atoms with van der Waals surface area (Å²) in [5.74, 6) is -2.22. The number of carboxylic acids is 3. The first-order chi connectivity index (χ1) is 24.6. The van der Waals surface area contributed by atoms with E-state index in [4.69, 9.17) is 42.0 Å². The van der Waals surface area contributed by atoms with Gasteiger partial charge in [0.05, 0.1) is 6.61 Å². The van der Waals surface area contributed by atoms with E-state index in [9.17, 15) is 24.0 Å². The molecule has 3 aliphatic carbocycles. The average molecular weight is 730 g/mol. The van der Waals surface area contributed by atoms with Crippen LogP contribution in [0.25, 0.3) is 0 Å². The highest BCUT2D eigenvalue weighted by Gasteiger charge is 2.51. The van der Waals surface area contributed by atoms with E-state index < -0.39 is 48.2 Å². The van der Waals surface area contributed by atoms with Crippen molar-refractivity contribution in [1.82, 2.24) is 10.6 Å². The van der Waals surface area contributed by atoms with E-state index in [1.54, 1.807) is 0 Å². The average Bonchev–Trinajstić information content (AvgIpc) is 3.93. The molecule has 3 aliphatic rings. The first-order valence-corrected chi connectivity index (χ1v) is 17.5. The summed E-state index contributed by atoms with van der Waals surface area (Å²) in [5, 5.41) is 31.0. The van der Waals surface area contributed by atoms with Crippen LogP contribution in [0.2, 0.25) is 0 Å². The van der Waals surface area contributed by atoms with Gasteiger partial charge in [0, 0.05) is 30.3 Å². The number of ether oxygens (including phenoxy) is 2. The second kappa shape index (κ2) is 22.3. The van der Waals surface area contributed by atoms with Crippen LogP contribution >= 0.6 is 0 Å². The molecular formula is C37H55N5O10. The highest BCUT2D eigenvalue weighted by Crippen LogP contribution is 2.56. The van der Waals surface area contributed by atoms with Gasteiger partial charge in [0.25, 0.3) is 0 Å². The zero-order chi connectivity index (χ0) is 38.7. The molecule has 0 aliphatic heterocycles. The summed E-state index contributed by atoms with van der Waals surface area (Å²) in [6.45, 7) is 5.77. The molecule has 2 amide bonds. The van der Waals surface area contributed by atoms with Crippen LogP contribution in [0.4, 0.5) is 9.59 Å². The number of carbonyl (C=O) groups excluding carboxylic acids is 2. The molecule has 1 fully saturated rings. The summed E-state index contributed by atoms with van der Waals surface area (Å²) >= 11 is 0. The van der Waals surface area contributed by atoms with E-state index in [0.29, 0.717) is 83.1 Å². The Labute approximate surface area is 304 Å². The highest BCUT2D eigenvalue weighted by molar-refractivity contribution is 5.74. The van der Waals surface area contributed by atoms with Gasteiger partial charge in [-0.2, -0.15) is 0 Å². The molecule has 11 N–H and O–H groups in total. The van der Waals surface area contributed by atoms with Gasteiger partial charge in [-0.3, -0.25) is 14.4 Å². The number of alkyl carbamates (subject to hydrolysis) is 2. The van der Waals surface area contributed by atoms with Crippen molar-refractivity contribution < 1.29 is 48.8 Å². The van der Waals surface area contributed by atoms with Gasteiger partial charge in [-0.15, -0.1) is 0 Å². The summed E-state index contributed by atoms with van der Waals surface area (Å²) in [5.41, 5.74) is 19.6. The molecule has 1 aromatic carbocycles. The smallest absolute Gasteiger partial charge is 0.407 e. The molecule has 1 aromatic rings. The van der Waals surface area contributed by atoms with E-state index in [0.717, 1.165) is 17.5 Å². The Morgan fingerprint density at radius 1 is 0.750 bits per heavy atom. The third-order valence-corrected chi connectivity index (χ3v) is 8.82. The van der Waals surface area contributed by atoms with E-state index in [1.807, 2.05) is 56.3 Å². The van der Waals surface area contributed by atoms with E-state index in [2.05, 4.69) is 22.8 Å². The SMILES string of the molecule is CC1=CC1COC(=O)NCCCC[C@H](N)C(=O)O.Cc1ccc(C[C@H](N)C(=O)O)cc1.N[C@@H](CCCCNC(=O)OCC1CC12C=CC=C2)C(=O)O. The fraction of sp³-hybridized carbons (Fsp3) is 0.541. The molecule has 0 heterocycles. The molecule has 4 rings (SSSR count). The zero-order valence-electron chi connectivity index (χ0n) is 30.0. The van der Waals surface area contributed by atoms with Crippen LogP contribution in [0.15, 0.2) is 60.2 Å². The van der Waals surface area contributed by atoms with Crippen LogP contribution in [-0.4, -0.2) is 89.8 Å². The molecule has 5 atom stereocenters. The third-order valence-electron chi connectivity index (χ3n) is 8.82. The molecule has 1 spiro atoms. The summed E-state index contributed by atoms with van der Waals surface area (Å²) in [7, 11) is 0. The van der Waals surface area contributed by atoms with Gasteiger partial charge < -0.3 is 52.6 Å². The van der Waals surface area contributed by atoms with Gasteiger partial charge in [0.2, 0.25) is 0 Å². The number of amides is 2. The molecule has 2 unspecified atom stereocenters. The van der Waals surface area contributed by atoms with Crippen LogP contribution in [0, 0.1) is 24.2 Å². The fourth-order valence-electron chi connectivity index (χ4n) is 5.08. The second-order valence-electron chi connectivity index (χ2n) is 13.3. The molecule has 0 bridgehead atoms. The van der Waals surface area contributed by atoms with Crippen LogP contribution in [0.3, 0.4) is 0 Å². The van der Waals surface area contributed by atoms with Crippen molar-refractivity contribution in [3.8, 4) is 0 Å². The van der Waals surface area contributed by atoms with Crippen molar-refractivity contribution in [2.45, 2.75) is 83.3 Å². The molecule has 0 saturated heterocycles. The number of allylic oxidation sites excluding steroid dienone is 4. The van der Waals surface area contributed by atoms with Gasteiger partial charge in [-0.25, -0.2) is 9.59 Å². The lowest BCUT2D eigenvalue weighted by Crippen LogP contribution is -2.32. The zero-order valence-corrected chi connectivity index (χ0v) is 30.0. The van der Waals surface area contributed by atoms with Crippen LogP contribution in [0.1, 0.15) is 63.0 Å². The fourth-order valence-corrected chi connectivity index (χ4v) is 5.08. The lowest BCUT2D eigenvalue weighted by atomic mass is 10.1. The number of carboxylic acid groups (broad SMARTS) is 3. The minimum absolute atomic E-state index is 0.146. The van der Waals surface area contributed by atoms with Crippen LogP contribution in [-0.2, 0) is 30.3 Å². The lowest BCUT2D eigenvalue weighted by molar-refractivity contribution is -0.139. The maximum absolute atomic E-state index is 11.5. The predicted octanol–water partition coefficient (Wildman–Crippen LogP) is 3.25. The number of unbranched alkanes of at least 4 members (excludes halogenated alkanes) is 2. The summed E-state index contributed by atoms with van der Waals surface area (Å²) in [6.07, 6.45) is 14.5. The van der Waals surface area contributed by atoms with E-state index in [-0.39, 0.29) is 5.41 Å². The topological polar surface area (TPSA) is 267 Å². The Kier molecular flexibility index (Phi) is 18.6. The minimum atomic E-state index is -0.991. The standard InChI is InChI=1S/C15H22N2O4.C12H20N2O4.C10H13NO2/c16-12(13(18)19)5-1-4-8-17-14(20)21-10-11-9-15(11)6-2-3-7-15;1-8-6-9(8)7-18-12(17)14-5-3-2-4-10(13)11(15)16;1-7-2-4-8(5-3-7)6-9(11)10(12)13/h2-3,6-7,11-12H,1,4-5,8-10,16H2,(H,17,20)(H,18,19);6,9-10H,2-5,7,13H2,1H3,(H,14,17)(H,15,16);2-5,9H,6,11H2,1H3,(H,12,13)/t11?,12-;9?,10-;9-/m000/s1. The van der Waals surface area contributed by atoms with Gasteiger partial charge in [-0.1, -0.05) is 65.8 Å². The number of nitrogens with two attached hydrogens (primary N) is 3. The summed E-state index contributed by atoms with van der Waals surface area (Å²) in [6, 6.07) is 5.25. The largest absolute Gasteiger partial charge is 0.480 e. The maximum atomic E-state index is 11.5. The second-order valence-corrected chi connectivity index (χ2v) is 13.3. The quantitative estimate of drug-likeness (QED) is 0.0752. The van der Waals surface area contributed by atoms with Crippen LogP contribution in [0.5, 0.6) is 0 Å². The molecule has 0 aromatic heterocycles. The Morgan fingerprint density at radius 2 is 1.21 bits per heavy atom. The number of benzene rings is 1. The molecular weight excluding hydrogens is 674 g/mol. The number of carbonyl (C=O) groups is 5. The third kappa shape index (κ3) is 17.5. The van der Waals surface area contributed by atoms with E-state index >= 15 is 0 Å². The van der Waals surface area contributed by atoms with Crippen molar-refractivity contribution in [1.29, 1.82) is 0 Å². The number of aliphatic carboxylic acids is 3. The number of hydrogen-bond acceptors (Lipinski definition) is 10. The highest BCUT2D eigenvalue weighted by atomic mass is 16.6. The Hall–Kier alpha value is -4.73. The molecule has 1 saturated carbocycles. The number of rotatable bonds is 19. The summed E-state index contributed by atoms with van der Waals surface area (Å²) < 4.78 is 10.2. The monoisotopic (exact) mass is 729 g/mol. The number of nitrogens with one attached hydrogen (secondary N) is 2. The first kappa shape index (κ1) is 43.4. The molecule has 15 heteroatoms. The summed E-state index contributed by atoms with van der Waals surface area (Å²) in [4.78, 5) is 54.1.